The van der Waals surface area contributed by atoms with Crippen molar-refractivity contribution in [3.05, 3.63) is 86.4 Å². The number of hydrogen-bond donors (Lipinski definition) is 1. The van der Waals surface area contributed by atoms with Crippen molar-refractivity contribution in [2.75, 3.05) is 5.32 Å². The fourth-order valence-electron chi connectivity index (χ4n) is 2.34. The second kappa shape index (κ2) is 8.83. The lowest BCUT2D eigenvalue weighted by Crippen LogP contribution is -2.13. The van der Waals surface area contributed by atoms with Crippen molar-refractivity contribution in [1.29, 1.82) is 5.26 Å². The van der Waals surface area contributed by atoms with Crippen LogP contribution in [0.1, 0.15) is 16.0 Å². The molecule has 0 atom stereocenters. The molecule has 134 valence electrons. The molecule has 3 rings (SSSR count). The topological polar surface area (TPSA) is 65.8 Å². The summed E-state index contributed by atoms with van der Waals surface area (Å²) in [6, 6.07) is 16.4. The van der Waals surface area contributed by atoms with Crippen LogP contribution in [0.3, 0.4) is 0 Å². The number of carbonyl (C=O) groups is 1. The Balaban J connectivity index is 1.71. The Morgan fingerprint density at radius 1 is 1.22 bits per heavy atom. The average Bonchev–Trinajstić information content (AvgIpc) is 3.10. The molecule has 1 heterocycles. The third-order valence-corrected chi connectivity index (χ3v) is 5.14. The summed E-state index contributed by atoms with van der Waals surface area (Å²) in [5, 5.41) is 13.6. The molecule has 1 N–H and O–H groups in total. The van der Waals surface area contributed by atoms with Gasteiger partial charge in [-0.25, -0.2) is 4.98 Å². The van der Waals surface area contributed by atoms with Gasteiger partial charge in [-0.15, -0.1) is 11.3 Å². The molecular formula is C20H13Cl2N3OS. The number of hydrogen-bond acceptors (Lipinski definition) is 4. The Labute approximate surface area is 170 Å². The Kier molecular flexibility index (Phi) is 6.25. The van der Waals surface area contributed by atoms with Crippen LogP contribution >= 0.6 is 34.5 Å². The highest BCUT2D eigenvalue weighted by Crippen LogP contribution is 2.27. The molecule has 0 spiro atoms. The smallest absolute Gasteiger partial charge is 0.268 e. The summed E-state index contributed by atoms with van der Waals surface area (Å²) in [6.45, 7) is 0. The number of thiazole rings is 1. The standard InChI is InChI=1S/C20H13Cl2N3OS/c21-16-6-7-18(22)14(9-16)10-17-12-24-20(27-17)25-19(26)15(11-23)8-13-4-2-1-3-5-13/h1-9,12H,10H2,(H,24,25,26)/b15-8+. The van der Waals surface area contributed by atoms with Crippen molar-refractivity contribution in [3.8, 4) is 6.07 Å². The van der Waals surface area contributed by atoms with E-state index in [4.69, 9.17) is 23.2 Å². The van der Waals surface area contributed by atoms with E-state index in [0.29, 0.717) is 21.6 Å². The Morgan fingerprint density at radius 3 is 2.74 bits per heavy atom. The van der Waals surface area contributed by atoms with E-state index in [1.807, 2.05) is 36.4 Å². The van der Waals surface area contributed by atoms with Crippen molar-refractivity contribution in [1.82, 2.24) is 4.98 Å². The number of benzene rings is 2. The first kappa shape index (κ1) is 19.1. The largest absolute Gasteiger partial charge is 0.297 e. The molecule has 0 unspecified atom stereocenters. The second-order valence-corrected chi connectivity index (χ2v) is 7.54. The third-order valence-electron chi connectivity index (χ3n) is 3.62. The van der Waals surface area contributed by atoms with Crippen LogP contribution < -0.4 is 5.32 Å². The van der Waals surface area contributed by atoms with Crippen LogP contribution in [0.25, 0.3) is 6.08 Å². The summed E-state index contributed by atoms with van der Waals surface area (Å²) in [5.74, 6) is -0.497. The lowest BCUT2D eigenvalue weighted by Gasteiger charge is -2.02. The zero-order valence-electron chi connectivity index (χ0n) is 13.9. The molecule has 2 aromatic carbocycles. The van der Waals surface area contributed by atoms with E-state index in [-0.39, 0.29) is 5.57 Å². The van der Waals surface area contributed by atoms with Gasteiger partial charge in [0, 0.05) is 27.5 Å². The lowest BCUT2D eigenvalue weighted by molar-refractivity contribution is -0.112. The van der Waals surface area contributed by atoms with E-state index in [9.17, 15) is 10.1 Å². The number of nitriles is 1. The number of amides is 1. The minimum absolute atomic E-state index is 0.0100. The number of nitrogens with zero attached hydrogens (tertiary/aromatic N) is 2. The molecule has 7 heteroatoms. The molecule has 0 saturated heterocycles. The summed E-state index contributed by atoms with van der Waals surface area (Å²) in [5.41, 5.74) is 1.67. The number of rotatable bonds is 5. The molecule has 1 amide bonds. The molecule has 27 heavy (non-hydrogen) atoms. The lowest BCUT2D eigenvalue weighted by atomic mass is 10.1. The molecule has 0 fully saturated rings. The minimum Gasteiger partial charge on any atom is -0.297 e. The van der Waals surface area contributed by atoms with E-state index in [2.05, 4.69) is 10.3 Å². The molecule has 0 aliphatic rings. The van der Waals surface area contributed by atoms with Crippen molar-refractivity contribution in [3.63, 3.8) is 0 Å². The van der Waals surface area contributed by atoms with Gasteiger partial charge in [-0.2, -0.15) is 5.26 Å². The van der Waals surface area contributed by atoms with Gasteiger partial charge in [-0.1, -0.05) is 53.5 Å². The van der Waals surface area contributed by atoms with Gasteiger partial charge in [0.1, 0.15) is 11.6 Å². The quantitative estimate of drug-likeness (QED) is 0.438. The van der Waals surface area contributed by atoms with Crippen molar-refractivity contribution in [2.24, 2.45) is 0 Å². The zero-order chi connectivity index (χ0) is 19.2. The predicted molar refractivity (Wildman–Crippen MR) is 110 cm³/mol. The van der Waals surface area contributed by atoms with Crippen LogP contribution in [0.2, 0.25) is 10.0 Å². The zero-order valence-corrected chi connectivity index (χ0v) is 16.3. The first-order valence-corrected chi connectivity index (χ1v) is 9.49. The van der Waals surface area contributed by atoms with Crippen molar-refractivity contribution < 1.29 is 4.79 Å². The Bertz CT molecular complexity index is 1040. The minimum atomic E-state index is -0.497. The van der Waals surface area contributed by atoms with Gasteiger partial charge in [0.2, 0.25) is 0 Å². The van der Waals surface area contributed by atoms with Gasteiger partial charge in [-0.05, 0) is 35.4 Å². The molecule has 0 saturated carbocycles. The third kappa shape index (κ3) is 5.18. The predicted octanol–water partition coefficient (Wildman–Crippen LogP) is 5.59. The van der Waals surface area contributed by atoms with Gasteiger partial charge in [0.15, 0.2) is 5.13 Å². The maximum absolute atomic E-state index is 12.3. The van der Waals surface area contributed by atoms with Crippen LogP contribution in [-0.4, -0.2) is 10.9 Å². The molecule has 1 aromatic heterocycles. The van der Waals surface area contributed by atoms with Crippen LogP contribution in [-0.2, 0) is 11.2 Å². The highest BCUT2D eigenvalue weighted by atomic mass is 35.5. The summed E-state index contributed by atoms with van der Waals surface area (Å²) in [4.78, 5) is 17.5. The van der Waals surface area contributed by atoms with E-state index in [0.717, 1.165) is 16.0 Å². The van der Waals surface area contributed by atoms with Gasteiger partial charge in [0.25, 0.3) is 5.91 Å². The van der Waals surface area contributed by atoms with Gasteiger partial charge >= 0.3 is 0 Å². The maximum atomic E-state index is 12.3. The first-order valence-electron chi connectivity index (χ1n) is 7.92. The van der Waals surface area contributed by atoms with Crippen molar-refractivity contribution in [2.45, 2.75) is 6.42 Å². The van der Waals surface area contributed by atoms with Crippen LogP contribution in [0.4, 0.5) is 5.13 Å². The molecule has 0 radical (unpaired) electrons. The van der Waals surface area contributed by atoms with Gasteiger partial charge < -0.3 is 0 Å². The van der Waals surface area contributed by atoms with Gasteiger partial charge in [0.05, 0.1) is 0 Å². The Hall–Kier alpha value is -2.65. The van der Waals surface area contributed by atoms with E-state index < -0.39 is 5.91 Å². The molecule has 3 aromatic rings. The SMILES string of the molecule is N#C/C(=C\c1ccccc1)C(=O)Nc1ncc(Cc2cc(Cl)ccc2Cl)s1. The first-order chi connectivity index (χ1) is 13.0. The monoisotopic (exact) mass is 413 g/mol. The maximum Gasteiger partial charge on any atom is 0.268 e. The normalized spacial score (nSPS) is 11.1. The van der Waals surface area contributed by atoms with E-state index >= 15 is 0 Å². The van der Waals surface area contributed by atoms with Crippen molar-refractivity contribution >= 4 is 51.7 Å². The number of halogens is 2. The second-order valence-electron chi connectivity index (χ2n) is 5.58. The Morgan fingerprint density at radius 2 is 2.00 bits per heavy atom. The molecule has 0 aliphatic carbocycles. The summed E-state index contributed by atoms with van der Waals surface area (Å²) in [7, 11) is 0. The molecule has 4 nitrogen and oxygen atoms in total. The van der Waals surface area contributed by atoms with Gasteiger partial charge in [-0.3, -0.25) is 10.1 Å². The fourth-order valence-corrected chi connectivity index (χ4v) is 3.55. The highest BCUT2D eigenvalue weighted by Gasteiger charge is 2.13. The number of nitrogens with one attached hydrogen (secondary N) is 1. The van der Waals surface area contributed by atoms with Crippen LogP contribution in [0.5, 0.6) is 0 Å². The van der Waals surface area contributed by atoms with Crippen LogP contribution in [0, 0.1) is 11.3 Å². The summed E-state index contributed by atoms with van der Waals surface area (Å²) >= 11 is 13.5. The van der Waals surface area contributed by atoms with Crippen LogP contribution in [0.15, 0.2) is 60.3 Å². The summed E-state index contributed by atoms with van der Waals surface area (Å²) < 4.78 is 0. The molecule has 0 aliphatic heterocycles. The summed E-state index contributed by atoms with van der Waals surface area (Å²) in [6.07, 6.45) is 3.76. The van der Waals surface area contributed by atoms with E-state index in [1.54, 1.807) is 24.4 Å². The van der Waals surface area contributed by atoms with E-state index in [1.165, 1.54) is 17.4 Å². The number of carbonyl (C=O) groups excluding carboxylic acids is 1. The molecular weight excluding hydrogens is 401 g/mol. The number of aromatic nitrogens is 1. The highest BCUT2D eigenvalue weighted by molar-refractivity contribution is 7.15. The fraction of sp³-hybridized carbons (Fsp3) is 0.0500. The molecule has 0 bridgehead atoms. The average molecular weight is 414 g/mol. The number of anilines is 1.